The summed E-state index contributed by atoms with van der Waals surface area (Å²) in [6.45, 7) is 6.67. The summed E-state index contributed by atoms with van der Waals surface area (Å²) >= 11 is 1.30. The first-order valence-electron chi connectivity index (χ1n) is 11.2. The fourth-order valence-electron chi connectivity index (χ4n) is 3.12. The molecular weight excluding hydrogens is 436 g/mol. The van der Waals surface area contributed by atoms with Gasteiger partial charge in [0.15, 0.2) is 0 Å². The van der Waals surface area contributed by atoms with Crippen molar-refractivity contribution in [2.75, 3.05) is 11.9 Å². The van der Waals surface area contributed by atoms with Crippen molar-refractivity contribution in [3.63, 3.8) is 0 Å². The molecule has 3 aromatic rings. The van der Waals surface area contributed by atoms with Gasteiger partial charge in [0, 0.05) is 11.1 Å². The normalized spacial score (nSPS) is 12.6. The molecule has 3 rings (SSSR count). The van der Waals surface area contributed by atoms with Crippen molar-refractivity contribution in [3.8, 4) is 16.3 Å². The third-order valence-corrected chi connectivity index (χ3v) is 6.23. The summed E-state index contributed by atoms with van der Waals surface area (Å²) in [4.78, 5) is 25.9. The summed E-state index contributed by atoms with van der Waals surface area (Å²) in [5.74, 6) is 0.0413. The topological polar surface area (TPSA) is 93.2 Å². The maximum absolute atomic E-state index is 13.0. The Morgan fingerprint density at radius 1 is 1.03 bits per heavy atom. The number of nitrogens with one attached hydrogen (secondary N) is 2. The number of benzene rings is 2. The van der Waals surface area contributed by atoms with E-state index in [1.54, 1.807) is 24.3 Å². The van der Waals surface area contributed by atoms with Gasteiger partial charge in [-0.3, -0.25) is 14.9 Å². The molecule has 8 heteroatoms. The molecule has 0 fully saturated rings. The number of rotatable bonds is 11. The van der Waals surface area contributed by atoms with Gasteiger partial charge in [0.1, 0.15) is 16.8 Å². The highest BCUT2D eigenvalue weighted by Gasteiger charge is 2.27. The Bertz CT molecular complexity index is 1040. The van der Waals surface area contributed by atoms with Crippen LogP contribution in [0.25, 0.3) is 10.6 Å². The number of hydrogen-bond acceptors (Lipinski definition) is 6. The van der Waals surface area contributed by atoms with Gasteiger partial charge in [0.25, 0.3) is 5.91 Å². The molecule has 7 nitrogen and oxygen atoms in total. The first-order valence-corrected chi connectivity index (χ1v) is 12.1. The van der Waals surface area contributed by atoms with Gasteiger partial charge in [0.05, 0.1) is 6.61 Å². The second kappa shape index (κ2) is 12.1. The number of anilines is 1. The third-order valence-electron chi connectivity index (χ3n) is 5.34. The van der Waals surface area contributed by atoms with Crippen LogP contribution in [-0.2, 0) is 4.79 Å². The molecule has 0 aliphatic rings. The quantitative estimate of drug-likeness (QED) is 0.381. The number of carbonyl (C=O) groups excluding carboxylic acids is 2. The van der Waals surface area contributed by atoms with Crippen LogP contribution >= 0.6 is 11.3 Å². The molecule has 0 saturated carbocycles. The van der Waals surface area contributed by atoms with Crippen LogP contribution in [-0.4, -0.2) is 34.7 Å². The van der Waals surface area contributed by atoms with E-state index in [-0.39, 0.29) is 17.7 Å². The minimum Gasteiger partial charge on any atom is -0.494 e. The number of hydrogen-bond donors (Lipinski definition) is 2. The van der Waals surface area contributed by atoms with E-state index >= 15 is 0 Å². The van der Waals surface area contributed by atoms with E-state index in [0.717, 1.165) is 35.6 Å². The number of carbonyl (C=O) groups is 2. The van der Waals surface area contributed by atoms with E-state index in [9.17, 15) is 9.59 Å². The largest absolute Gasteiger partial charge is 0.494 e. The Hall–Kier alpha value is -3.26. The number of amides is 2. The molecular formula is C25H30N4O3S. The molecule has 2 aromatic carbocycles. The van der Waals surface area contributed by atoms with E-state index in [1.807, 2.05) is 44.2 Å². The van der Waals surface area contributed by atoms with Gasteiger partial charge in [-0.1, -0.05) is 75.3 Å². The highest BCUT2D eigenvalue weighted by molar-refractivity contribution is 7.18. The van der Waals surface area contributed by atoms with Crippen molar-refractivity contribution in [2.24, 2.45) is 5.92 Å². The summed E-state index contributed by atoms with van der Waals surface area (Å²) in [6.07, 6.45) is 2.77. The monoisotopic (exact) mass is 466 g/mol. The Morgan fingerprint density at radius 2 is 1.76 bits per heavy atom. The third kappa shape index (κ3) is 6.86. The predicted octanol–water partition coefficient (Wildman–Crippen LogP) is 5.17. The molecule has 0 unspecified atom stereocenters. The Kier molecular flexibility index (Phi) is 8.95. The van der Waals surface area contributed by atoms with Crippen molar-refractivity contribution in [1.29, 1.82) is 0 Å². The van der Waals surface area contributed by atoms with E-state index in [2.05, 4.69) is 27.8 Å². The maximum atomic E-state index is 13.0. The fourth-order valence-corrected chi connectivity index (χ4v) is 3.87. The lowest BCUT2D eigenvalue weighted by Gasteiger charge is -2.23. The molecule has 174 valence electrons. The van der Waals surface area contributed by atoms with Crippen molar-refractivity contribution in [1.82, 2.24) is 15.5 Å². The molecule has 2 atom stereocenters. The zero-order valence-electron chi connectivity index (χ0n) is 19.2. The standard InChI is InChI=1S/C25H30N4O3S/c1-4-6-16-32-20-14-12-18(13-15-20)22(30)26-21(17(3)5-2)23(31)27-25-29-28-24(33-25)19-10-8-7-9-11-19/h7-15,17,21H,4-6,16H2,1-3H3,(H,26,30)(H,27,29,31)/t17-,21-/m0/s1. The smallest absolute Gasteiger partial charge is 0.251 e. The summed E-state index contributed by atoms with van der Waals surface area (Å²) < 4.78 is 5.65. The highest BCUT2D eigenvalue weighted by atomic mass is 32.1. The summed E-state index contributed by atoms with van der Waals surface area (Å²) in [7, 11) is 0. The number of aromatic nitrogens is 2. The van der Waals surface area contributed by atoms with Crippen LogP contribution in [0.15, 0.2) is 54.6 Å². The first-order chi connectivity index (χ1) is 16.0. The fraction of sp³-hybridized carbons (Fsp3) is 0.360. The number of unbranched alkanes of at least 4 members (excludes halogenated alkanes) is 1. The zero-order chi connectivity index (χ0) is 23.6. The van der Waals surface area contributed by atoms with E-state index < -0.39 is 6.04 Å². The van der Waals surface area contributed by atoms with Crippen LogP contribution in [0.3, 0.4) is 0 Å². The van der Waals surface area contributed by atoms with Crippen LogP contribution in [0.2, 0.25) is 0 Å². The average Bonchev–Trinajstić information content (AvgIpc) is 3.31. The molecule has 0 aliphatic heterocycles. The van der Waals surface area contributed by atoms with Gasteiger partial charge in [-0.25, -0.2) is 0 Å². The molecule has 0 aliphatic carbocycles. The Balaban J connectivity index is 1.65. The lowest BCUT2D eigenvalue weighted by Crippen LogP contribution is -2.47. The minimum absolute atomic E-state index is 0.0629. The summed E-state index contributed by atoms with van der Waals surface area (Å²) in [5, 5.41) is 15.1. The molecule has 2 N–H and O–H groups in total. The Morgan fingerprint density at radius 3 is 2.42 bits per heavy atom. The molecule has 0 radical (unpaired) electrons. The maximum Gasteiger partial charge on any atom is 0.251 e. The van der Waals surface area contributed by atoms with E-state index in [4.69, 9.17) is 4.74 Å². The minimum atomic E-state index is -0.702. The molecule has 0 bridgehead atoms. The van der Waals surface area contributed by atoms with Crippen molar-refractivity contribution >= 4 is 28.3 Å². The van der Waals surface area contributed by atoms with Gasteiger partial charge in [-0.15, -0.1) is 10.2 Å². The van der Waals surface area contributed by atoms with Crippen molar-refractivity contribution in [3.05, 3.63) is 60.2 Å². The SMILES string of the molecule is CCCCOc1ccc(C(=O)N[C@H](C(=O)Nc2nnc(-c3ccccc3)s2)[C@@H](C)CC)cc1. The van der Waals surface area contributed by atoms with Gasteiger partial charge in [-0.2, -0.15) is 0 Å². The van der Waals surface area contributed by atoms with Crippen molar-refractivity contribution in [2.45, 2.75) is 46.1 Å². The predicted molar refractivity (Wildman–Crippen MR) is 132 cm³/mol. The molecule has 33 heavy (non-hydrogen) atoms. The summed E-state index contributed by atoms with van der Waals surface area (Å²) in [6, 6.07) is 15.9. The molecule has 1 heterocycles. The average molecular weight is 467 g/mol. The second-order valence-electron chi connectivity index (χ2n) is 7.83. The molecule has 0 spiro atoms. The van der Waals surface area contributed by atoms with Gasteiger partial charge in [0.2, 0.25) is 11.0 Å². The van der Waals surface area contributed by atoms with Crippen LogP contribution in [0.1, 0.15) is 50.4 Å². The van der Waals surface area contributed by atoms with Crippen LogP contribution < -0.4 is 15.4 Å². The number of ether oxygens (including phenoxy) is 1. The van der Waals surface area contributed by atoms with Crippen LogP contribution in [0.5, 0.6) is 5.75 Å². The van der Waals surface area contributed by atoms with Crippen molar-refractivity contribution < 1.29 is 14.3 Å². The van der Waals surface area contributed by atoms with Gasteiger partial charge < -0.3 is 10.1 Å². The molecule has 1 aromatic heterocycles. The highest BCUT2D eigenvalue weighted by Crippen LogP contribution is 2.26. The lowest BCUT2D eigenvalue weighted by atomic mass is 9.98. The number of nitrogens with zero attached hydrogens (tertiary/aromatic N) is 2. The molecule has 2 amide bonds. The van der Waals surface area contributed by atoms with E-state index in [0.29, 0.717) is 17.3 Å². The van der Waals surface area contributed by atoms with E-state index in [1.165, 1.54) is 11.3 Å². The van der Waals surface area contributed by atoms with Gasteiger partial charge in [-0.05, 0) is 36.6 Å². The van der Waals surface area contributed by atoms with Crippen LogP contribution in [0, 0.1) is 5.92 Å². The first kappa shape index (κ1) is 24.4. The second-order valence-corrected chi connectivity index (χ2v) is 8.81. The lowest BCUT2D eigenvalue weighted by molar-refractivity contribution is -0.119. The Labute approximate surface area is 198 Å². The molecule has 0 saturated heterocycles. The van der Waals surface area contributed by atoms with Gasteiger partial charge >= 0.3 is 0 Å². The van der Waals surface area contributed by atoms with Crippen LogP contribution in [0.4, 0.5) is 5.13 Å². The summed E-state index contributed by atoms with van der Waals surface area (Å²) in [5.41, 5.74) is 1.41. The zero-order valence-corrected chi connectivity index (χ0v) is 20.0.